The SMILES string of the molecule is CCc1noc(CC)c1-c1cc2[nH]c3ccnc(Cl)c3c2cc1OC. The first kappa shape index (κ1) is 16.0. The molecule has 0 aliphatic carbocycles. The first-order chi connectivity index (χ1) is 12.2. The number of nitrogens with zero attached hydrogens (tertiary/aromatic N) is 2. The number of pyridine rings is 1. The summed E-state index contributed by atoms with van der Waals surface area (Å²) in [5.41, 5.74) is 4.86. The van der Waals surface area contributed by atoms with Gasteiger partial charge in [0.1, 0.15) is 16.7 Å². The Morgan fingerprint density at radius 3 is 2.76 bits per heavy atom. The predicted molar refractivity (Wildman–Crippen MR) is 99.4 cm³/mol. The summed E-state index contributed by atoms with van der Waals surface area (Å²) in [7, 11) is 1.67. The Hall–Kier alpha value is -2.53. The Morgan fingerprint density at radius 2 is 2.04 bits per heavy atom. The van der Waals surface area contributed by atoms with Gasteiger partial charge < -0.3 is 14.2 Å². The highest BCUT2D eigenvalue weighted by atomic mass is 35.5. The number of nitrogens with one attached hydrogen (secondary N) is 1. The van der Waals surface area contributed by atoms with Crippen LogP contribution in [0.5, 0.6) is 5.75 Å². The number of ether oxygens (including phenoxy) is 1. The minimum absolute atomic E-state index is 0.479. The molecule has 5 nitrogen and oxygen atoms in total. The van der Waals surface area contributed by atoms with Crippen molar-refractivity contribution in [1.82, 2.24) is 15.1 Å². The summed E-state index contributed by atoms with van der Waals surface area (Å²) < 4.78 is 11.2. The fourth-order valence-electron chi connectivity index (χ4n) is 3.35. The molecule has 1 N–H and O–H groups in total. The van der Waals surface area contributed by atoms with Gasteiger partial charge in [0.15, 0.2) is 0 Å². The lowest BCUT2D eigenvalue weighted by Gasteiger charge is -2.10. The van der Waals surface area contributed by atoms with Crippen molar-refractivity contribution in [2.24, 2.45) is 0 Å². The Morgan fingerprint density at radius 1 is 1.20 bits per heavy atom. The molecule has 4 aromatic rings. The van der Waals surface area contributed by atoms with Crippen molar-refractivity contribution < 1.29 is 9.26 Å². The van der Waals surface area contributed by atoms with Crippen molar-refractivity contribution in [2.75, 3.05) is 7.11 Å². The Labute approximate surface area is 149 Å². The molecule has 4 rings (SSSR count). The van der Waals surface area contributed by atoms with E-state index in [9.17, 15) is 0 Å². The van der Waals surface area contributed by atoms with Crippen LogP contribution in [-0.4, -0.2) is 22.2 Å². The second-order valence-electron chi connectivity index (χ2n) is 5.88. The van der Waals surface area contributed by atoms with Gasteiger partial charge in [0.2, 0.25) is 0 Å². The summed E-state index contributed by atoms with van der Waals surface area (Å²) in [6.07, 6.45) is 3.26. The average molecular weight is 356 g/mol. The minimum Gasteiger partial charge on any atom is -0.496 e. The summed E-state index contributed by atoms with van der Waals surface area (Å²) in [4.78, 5) is 7.61. The molecule has 6 heteroatoms. The maximum atomic E-state index is 6.31. The van der Waals surface area contributed by atoms with Crippen LogP contribution in [0, 0.1) is 0 Å². The van der Waals surface area contributed by atoms with Crippen LogP contribution in [0.2, 0.25) is 5.15 Å². The number of benzene rings is 1. The minimum atomic E-state index is 0.479. The molecule has 0 saturated heterocycles. The molecule has 0 amide bonds. The van der Waals surface area contributed by atoms with Crippen LogP contribution in [0.4, 0.5) is 0 Å². The predicted octanol–water partition coefficient (Wildman–Crippen LogP) is 5.16. The topological polar surface area (TPSA) is 63.9 Å². The van der Waals surface area contributed by atoms with Gasteiger partial charge in [-0.2, -0.15) is 0 Å². The molecule has 3 aromatic heterocycles. The lowest BCUT2D eigenvalue weighted by Crippen LogP contribution is -1.93. The maximum Gasteiger partial charge on any atom is 0.144 e. The van der Waals surface area contributed by atoms with Crippen LogP contribution in [0.15, 0.2) is 28.9 Å². The van der Waals surface area contributed by atoms with E-state index < -0.39 is 0 Å². The molecule has 0 atom stereocenters. The molecule has 3 heterocycles. The largest absolute Gasteiger partial charge is 0.496 e. The first-order valence-electron chi connectivity index (χ1n) is 8.29. The van der Waals surface area contributed by atoms with E-state index in [0.29, 0.717) is 5.15 Å². The molecule has 0 spiro atoms. The number of methoxy groups -OCH3 is 1. The van der Waals surface area contributed by atoms with Gasteiger partial charge in [-0.05, 0) is 24.6 Å². The van der Waals surface area contributed by atoms with Crippen LogP contribution < -0.4 is 4.74 Å². The van der Waals surface area contributed by atoms with Gasteiger partial charge in [0.25, 0.3) is 0 Å². The van der Waals surface area contributed by atoms with Crippen molar-refractivity contribution in [3.05, 3.63) is 41.0 Å². The first-order valence-corrected chi connectivity index (χ1v) is 8.67. The average Bonchev–Trinajstić information content (AvgIpc) is 3.21. The zero-order chi connectivity index (χ0) is 17.6. The standard InChI is InChI=1S/C19H18ClN3O2/c1-4-12-17(15(5-2)25-23-12)11-8-14-10(9-16(11)24-3)18-13(22-14)6-7-21-19(18)20/h6-9,22H,4-5H2,1-3H3. The smallest absolute Gasteiger partial charge is 0.144 e. The summed E-state index contributed by atoms with van der Waals surface area (Å²) in [6.45, 7) is 4.13. The highest BCUT2D eigenvalue weighted by Gasteiger charge is 2.21. The molecule has 1 aromatic carbocycles. The molecule has 0 aliphatic rings. The van der Waals surface area contributed by atoms with Crippen LogP contribution in [0.1, 0.15) is 25.3 Å². The van der Waals surface area contributed by atoms with Gasteiger partial charge in [0, 0.05) is 34.5 Å². The molecular formula is C19H18ClN3O2. The van der Waals surface area contributed by atoms with E-state index in [1.54, 1.807) is 13.3 Å². The van der Waals surface area contributed by atoms with Gasteiger partial charge in [-0.15, -0.1) is 0 Å². The van der Waals surface area contributed by atoms with Gasteiger partial charge in [-0.3, -0.25) is 0 Å². The molecule has 0 saturated carbocycles. The lowest BCUT2D eigenvalue weighted by atomic mass is 9.98. The van der Waals surface area contributed by atoms with E-state index in [4.69, 9.17) is 20.9 Å². The third-order valence-corrected chi connectivity index (χ3v) is 4.83. The van der Waals surface area contributed by atoms with E-state index >= 15 is 0 Å². The fraction of sp³-hybridized carbons (Fsp3) is 0.263. The number of hydrogen-bond acceptors (Lipinski definition) is 4. The van der Waals surface area contributed by atoms with Crippen LogP contribution in [0.3, 0.4) is 0 Å². The molecule has 0 aliphatic heterocycles. The van der Waals surface area contributed by atoms with E-state index in [1.165, 1.54) is 0 Å². The highest BCUT2D eigenvalue weighted by Crippen LogP contribution is 2.41. The fourth-order valence-corrected chi connectivity index (χ4v) is 3.61. The van der Waals surface area contributed by atoms with E-state index in [0.717, 1.165) is 63.0 Å². The molecule has 128 valence electrons. The number of aromatic amines is 1. The zero-order valence-electron chi connectivity index (χ0n) is 14.3. The van der Waals surface area contributed by atoms with Crippen LogP contribution in [-0.2, 0) is 12.8 Å². The zero-order valence-corrected chi connectivity index (χ0v) is 15.1. The van der Waals surface area contributed by atoms with E-state index in [2.05, 4.69) is 35.0 Å². The van der Waals surface area contributed by atoms with Crippen molar-refractivity contribution >= 4 is 33.4 Å². The Balaban J connectivity index is 2.07. The number of aromatic nitrogens is 3. The third kappa shape index (κ3) is 2.38. The molecule has 25 heavy (non-hydrogen) atoms. The molecular weight excluding hydrogens is 338 g/mol. The second-order valence-corrected chi connectivity index (χ2v) is 6.24. The maximum absolute atomic E-state index is 6.31. The lowest BCUT2D eigenvalue weighted by molar-refractivity contribution is 0.381. The van der Waals surface area contributed by atoms with E-state index in [-0.39, 0.29) is 0 Å². The molecule has 0 bridgehead atoms. The van der Waals surface area contributed by atoms with Gasteiger partial charge in [-0.1, -0.05) is 30.6 Å². The number of hydrogen-bond donors (Lipinski definition) is 1. The number of halogens is 1. The number of aryl methyl sites for hydroxylation is 2. The van der Waals surface area contributed by atoms with E-state index in [1.807, 2.05) is 12.1 Å². The Kier molecular flexibility index (Phi) is 3.88. The molecule has 0 unspecified atom stereocenters. The number of H-pyrrole nitrogens is 1. The normalized spacial score (nSPS) is 11.5. The number of fused-ring (bicyclic) bond motifs is 3. The van der Waals surface area contributed by atoms with Gasteiger partial charge in [0.05, 0.1) is 23.9 Å². The molecule has 0 fully saturated rings. The van der Waals surface area contributed by atoms with Crippen LogP contribution >= 0.6 is 11.6 Å². The molecule has 0 radical (unpaired) electrons. The van der Waals surface area contributed by atoms with Crippen molar-refractivity contribution in [1.29, 1.82) is 0 Å². The van der Waals surface area contributed by atoms with Crippen molar-refractivity contribution in [3.8, 4) is 16.9 Å². The third-order valence-electron chi connectivity index (χ3n) is 4.54. The monoisotopic (exact) mass is 355 g/mol. The summed E-state index contributed by atoms with van der Waals surface area (Å²) in [5.74, 6) is 1.63. The number of rotatable bonds is 4. The summed E-state index contributed by atoms with van der Waals surface area (Å²) in [6, 6.07) is 6.00. The van der Waals surface area contributed by atoms with Crippen LogP contribution in [0.25, 0.3) is 32.9 Å². The van der Waals surface area contributed by atoms with Gasteiger partial charge >= 0.3 is 0 Å². The quantitative estimate of drug-likeness (QED) is 0.514. The summed E-state index contributed by atoms with van der Waals surface area (Å²) >= 11 is 6.31. The second kappa shape index (κ2) is 6.08. The Bertz CT molecular complexity index is 1060. The highest BCUT2D eigenvalue weighted by molar-refractivity contribution is 6.36. The van der Waals surface area contributed by atoms with Crippen molar-refractivity contribution in [3.63, 3.8) is 0 Å². The summed E-state index contributed by atoms with van der Waals surface area (Å²) in [5, 5.41) is 6.59. The van der Waals surface area contributed by atoms with Gasteiger partial charge in [-0.25, -0.2) is 4.98 Å². The van der Waals surface area contributed by atoms with Crippen molar-refractivity contribution in [2.45, 2.75) is 26.7 Å².